The first-order valence-corrected chi connectivity index (χ1v) is 4.08. The molecule has 0 spiro atoms. The first-order valence-electron chi connectivity index (χ1n) is 4.08. The average molecular weight is 172 g/mol. The van der Waals surface area contributed by atoms with Crippen LogP contribution in [0, 0.1) is 11.3 Å². The highest BCUT2D eigenvalue weighted by Crippen LogP contribution is 2.11. The molecule has 64 valence electrons. The average Bonchev–Trinajstić information content (AvgIpc) is 2.59. The molecule has 0 aliphatic carbocycles. The quantitative estimate of drug-likeness (QED) is 0.651. The molecular formula is C9H8N4. The Morgan fingerprint density at radius 1 is 1.54 bits per heavy atom. The molecule has 4 nitrogen and oxygen atoms in total. The lowest BCUT2D eigenvalue weighted by molar-refractivity contribution is 0.684. The lowest BCUT2D eigenvalue weighted by Crippen LogP contribution is -1.95. The van der Waals surface area contributed by atoms with Crippen molar-refractivity contribution in [2.45, 2.75) is 13.5 Å². The maximum atomic E-state index is 8.62. The second kappa shape index (κ2) is 2.87. The minimum atomic E-state index is 0.433. The van der Waals surface area contributed by atoms with Crippen molar-refractivity contribution in [1.29, 1.82) is 5.26 Å². The van der Waals surface area contributed by atoms with Crippen LogP contribution in [0.4, 0.5) is 0 Å². The van der Waals surface area contributed by atoms with Gasteiger partial charge in [-0.25, -0.2) is 4.98 Å². The van der Waals surface area contributed by atoms with Crippen LogP contribution in [0.5, 0.6) is 0 Å². The fraction of sp³-hybridized carbons (Fsp3) is 0.222. The Bertz CT molecular complexity index is 478. The molecule has 0 saturated heterocycles. The lowest BCUT2D eigenvalue weighted by Gasteiger charge is -1.96. The Morgan fingerprint density at radius 3 is 3.08 bits per heavy atom. The van der Waals surface area contributed by atoms with Crippen molar-refractivity contribution >= 4 is 11.0 Å². The van der Waals surface area contributed by atoms with Gasteiger partial charge in [-0.15, -0.1) is 0 Å². The molecule has 0 bridgehead atoms. The van der Waals surface area contributed by atoms with E-state index in [4.69, 9.17) is 5.26 Å². The zero-order valence-corrected chi connectivity index (χ0v) is 7.23. The first-order chi connectivity index (χ1) is 6.35. The Labute approximate surface area is 75.4 Å². The molecule has 0 aliphatic rings. The molecule has 13 heavy (non-hydrogen) atoms. The topological polar surface area (TPSA) is 54.5 Å². The van der Waals surface area contributed by atoms with Crippen molar-refractivity contribution in [1.82, 2.24) is 14.8 Å². The number of hydrogen-bond acceptors (Lipinski definition) is 3. The summed E-state index contributed by atoms with van der Waals surface area (Å²) in [5.74, 6) is 0. The Balaban J connectivity index is 2.70. The number of aromatic nitrogens is 3. The van der Waals surface area contributed by atoms with Gasteiger partial charge in [0.15, 0.2) is 0 Å². The second-order valence-electron chi connectivity index (χ2n) is 2.67. The van der Waals surface area contributed by atoms with Crippen LogP contribution in [0.2, 0.25) is 0 Å². The number of aryl methyl sites for hydroxylation is 1. The van der Waals surface area contributed by atoms with Gasteiger partial charge in [0, 0.05) is 6.54 Å². The summed E-state index contributed by atoms with van der Waals surface area (Å²) in [7, 11) is 0. The summed E-state index contributed by atoms with van der Waals surface area (Å²) >= 11 is 0. The lowest BCUT2D eigenvalue weighted by atomic mass is 10.3. The zero-order valence-electron chi connectivity index (χ0n) is 7.23. The molecule has 0 aromatic carbocycles. The van der Waals surface area contributed by atoms with Crippen molar-refractivity contribution in [2.24, 2.45) is 0 Å². The third kappa shape index (κ3) is 1.14. The monoisotopic (exact) mass is 172 g/mol. The van der Waals surface area contributed by atoms with Crippen LogP contribution < -0.4 is 0 Å². The van der Waals surface area contributed by atoms with E-state index in [-0.39, 0.29) is 0 Å². The standard InChI is InChI=1S/C9H8N4/c1-2-13-9-4-3-7(5-10)12-8(9)6-11-13/h3-4,6H,2H2,1H3. The highest BCUT2D eigenvalue weighted by atomic mass is 15.3. The van der Waals surface area contributed by atoms with E-state index in [1.54, 1.807) is 12.3 Å². The van der Waals surface area contributed by atoms with Gasteiger partial charge in [0.25, 0.3) is 0 Å². The van der Waals surface area contributed by atoms with Crippen LogP contribution in [0.3, 0.4) is 0 Å². The Morgan fingerprint density at radius 2 is 2.38 bits per heavy atom. The largest absolute Gasteiger partial charge is 0.264 e. The van der Waals surface area contributed by atoms with Crippen LogP contribution in [0.25, 0.3) is 11.0 Å². The van der Waals surface area contributed by atoms with Gasteiger partial charge >= 0.3 is 0 Å². The van der Waals surface area contributed by atoms with Gasteiger partial charge in [-0.3, -0.25) is 4.68 Å². The minimum absolute atomic E-state index is 0.433. The van der Waals surface area contributed by atoms with Gasteiger partial charge in [0.05, 0.1) is 11.7 Å². The molecule has 2 aromatic rings. The van der Waals surface area contributed by atoms with E-state index in [1.165, 1.54) is 0 Å². The van der Waals surface area contributed by atoms with E-state index in [0.29, 0.717) is 5.69 Å². The number of rotatable bonds is 1. The smallest absolute Gasteiger partial charge is 0.141 e. The van der Waals surface area contributed by atoms with Gasteiger partial charge in [0.2, 0.25) is 0 Å². The summed E-state index contributed by atoms with van der Waals surface area (Å²) in [4.78, 5) is 4.12. The van der Waals surface area contributed by atoms with Gasteiger partial charge in [0.1, 0.15) is 17.3 Å². The van der Waals surface area contributed by atoms with Crippen LogP contribution in [-0.4, -0.2) is 14.8 Å². The SMILES string of the molecule is CCn1ncc2nc(C#N)ccc21. The summed E-state index contributed by atoms with van der Waals surface area (Å²) in [6, 6.07) is 5.58. The van der Waals surface area contributed by atoms with Crippen molar-refractivity contribution in [3.63, 3.8) is 0 Å². The predicted molar refractivity (Wildman–Crippen MR) is 47.9 cm³/mol. The Kier molecular flexibility index (Phi) is 1.71. The van der Waals surface area contributed by atoms with Crippen molar-refractivity contribution in [2.75, 3.05) is 0 Å². The van der Waals surface area contributed by atoms with Crippen LogP contribution >= 0.6 is 0 Å². The molecule has 0 amide bonds. The molecule has 0 atom stereocenters. The van der Waals surface area contributed by atoms with Crippen molar-refractivity contribution in [3.05, 3.63) is 24.0 Å². The van der Waals surface area contributed by atoms with E-state index in [2.05, 4.69) is 10.1 Å². The molecule has 0 unspecified atom stereocenters. The fourth-order valence-electron chi connectivity index (χ4n) is 1.28. The maximum absolute atomic E-state index is 8.62. The molecule has 4 heteroatoms. The third-order valence-corrected chi connectivity index (χ3v) is 1.91. The number of fused-ring (bicyclic) bond motifs is 1. The van der Waals surface area contributed by atoms with Gasteiger partial charge in [-0.1, -0.05) is 0 Å². The van der Waals surface area contributed by atoms with Crippen LogP contribution in [-0.2, 0) is 6.54 Å². The second-order valence-corrected chi connectivity index (χ2v) is 2.67. The number of pyridine rings is 1. The normalized spacial score (nSPS) is 10.2. The minimum Gasteiger partial charge on any atom is -0.264 e. The summed E-state index contributed by atoms with van der Waals surface area (Å²) in [6.07, 6.45) is 1.68. The Hall–Kier alpha value is -1.89. The molecule has 2 heterocycles. The highest BCUT2D eigenvalue weighted by molar-refractivity contribution is 5.74. The number of hydrogen-bond donors (Lipinski definition) is 0. The fourth-order valence-corrected chi connectivity index (χ4v) is 1.28. The van der Waals surface area contributed by atoms with E-state index in [9.17, 15) is 0 Å². The molecule has 0 aliphatic heterocycles. The zero-order chi connectivity index (χ0) is 9.26. The summed E-state index contributed by atoms with van der Waals surface area (Å²) in [5, 5.41) is 12.8. The van der Waals surface area contributed by atoms with Gasteiger partial charge in [-0.2, -0.15) is 10.4 Å². The number of nitrogens with zero attached hydrogens (tertiary/aromatic N) is 4. The molecular weight excluding hydrogens is 164 g/mol. The van der Waals surface area contributed by atoms with E-state index >= 15 is 0 Å². The van der Waals surface area contributed by atoms with Crippen molar-refractivity contribution < 1.29 is 0 Å². The molecule has 0 radical (unpaired) electrons. The molecule has 0 saturated carbocycles. The van der Waals surface area contributed by atoms with E-state index in [0.717, 1.165) is 17.6 Å². The summed E-state index contributed by atoms with van der Waals surface area (Å²) in [6.45, 7) is 2.84. The third-order valence-electron chi connectivity index (χ3n) is 1.91. The molecule has 2 aromatic heterocycles. The van der Waals surface area contributed by atoms with Crippen LogP contribution in [0.15, 0.2) is 18.3 Å². The van der Waals surface area contributed by atoms with Gasteiger partial charge in [-0.05, 0) is 19.1 Å². The van der Waals surface area contributed by atoms with E-state index < -0.39 is 0 Å². The number of nitriles is 1. The summed E-state index contributed by atoms with van der Waals surface area (Å²) < 4.78 is 1.85. The van der Waals surface area contributed by atoms with Crippen molar-refractivity contribution in [3.8, 4) is 6.07 Å². The maximum Gasteiger partial charge on any atom is 0.141 e. The molecule has 0 N–H and O–H groups in total. The highest BCUT2D eigenvalue weighted by Gasteiger charge is 2.02. The first kappa shape index (κ1) is 7.74. The van der Waals surface area contributed by atoms with Gasteiger partial charge < -0.3 is 0 Å². The molecule has 0 fully saturated rings. The van der Waals surface area contributed by atoms with Crippen LogP contribution in [0.1, 0.15) is 12.6 Å². The summed E-state index contributed by atoms with van der Waals surface area (Å²) in [5.41, 5.74) is 2.19. The molecule has 2 rings (SSSR count). The predicted octanol–water partition coefficient (Wildman–Crippen LogP) is 1.32. The van der Waals surface area contributed by atoms with E-state index in [1.807, 2.05) is 23.7 Å².